The van der Waals surface area contributed by atoms with Crippen molar-refractivity contribution in [1.29, 1.82) is 0 Å². The lowest BCUT2D eigenvalue weighted by Crippen LogP contribution is -2.23. The van der Waals surface area contributed by atoms with Crippen molar-refractivity contribution >= 4 is 27.6 Å². The average molecular weight is 350 g/mol. The van der Waals surface area contributed by atoms with Gasteiger partial charge in [-0.3, -0.25) is 0 Å². The summed E-state index contributed by atoms with van der Waals surface area (Å²) >= 11 is 0. The lowest BCUT2D eigenvalue weighted by Gasteiger charge is -2.13. The zero-order valence-electron chi connectivity index (χ0n) is 14.2. The number of rotatable bonds is 5. The molecule has 0 aliphatic rings. The Labute approximate surface area is 149 Å². The normalized spacial score (nSPS) is 12.7. The number of aromatic nitrogens is 3. The molecule has 26 heavy (non-hydrogen) atoms. The van der Waals surface area contributed by atoms with Crippen molar-refractivity contribution in [3.05, 3.63) is 70.7 Å². The molecule has 0 radical (unpaired) electrons. The number of para-hydroxylation sites is 2. The smallest absolute Gasteiger partial charge is 0.342 e. The quantitative estimate of drug-likeness (QED) is 0.442. The highest BCUT2D eigenvalue weighted by Crippen LogP contribution is 2.29. The minimum atomic E-state index is -0.791. The number of aliphatic hydroxyl groups excluding tert-OH is 1. The summed E-state index contributed by atoms with van der Waals surface area (Å²) in [5.41, 5.74) is 2.06. The van der Waals surface area contributed by atoms with Gasteiger partial charge in [0.05, 0.1) is 6.54 Å². The lowest BCUT2D eigenvalue weighted by molar-refractivity contribution is -0.392. The fraction of sp³-hybridized carbons (Fsp3) is 0.211. The van der Waals surface area contributed by atoms with Gasteiger partial charge < -0.3 is 19.8 Å². The van der Waals surface area contributed by atoms with Gasteiger partial charge in [-0.05, 0) is 17.1 Å². The van der Waals surface area contributed by atoms with Crippen molar-refractivity contribution in [2.75, 3.05) is 0 Å². The number of imidazole rings is 1. The van der Waals surface area contributed by atoms with Crippen molar-refractivity contribution < 1.29 is 10.0 Å². The third-order valence-electron chi connectivity index (χ3n) is 4.69. The van der Waals surface area contributed by atoms with Gasteiger partial charge in [0.25, 0.3) is 0 Å². The molecule has 7 nitrogen and oxygen atoms in total. The van der Waals surface area contributed by atoms with Crippen LogP contribution in [0.15, 0.2) is 54.7 Å². The Morgan fingerprint density at radius 2 is 1.58 bits per heavy atom. The second-order valence-electron chi connectivity index (χ2n) is 6.33. The van der Waals surface area contributed by atoms with Gasteiger partial charge in [0, 0.05) is 28.7 Å². The third kappa shape index (κ3) is 2.62. The van der Waals surface area contributed by atoms with Gasteiger partial charge in [-0.2, -0.15) is 0 Å². The average Bonchev–Trinajstić information content (AvgIpc) is 3.15. The van der Waals surface area contributed by atoms with Crippen molar-refractivity contribution in [1.82, 2.24) is 14.1 Å². The van der Waals surface area contributed by atoms with Crippen LogP contribution in [0.4, 0.5) is 5.82 Å². The lowest BCUT2D eigenvalue weighted by atomic mass is 10.2. The fourth-order valence-electron chi connectivity index (χ4n) is 3.51. The number of aliphatic hydroxyl groups is 1. The summed E-state index contributed by atoms with van der Waals surface area (Å²) in [4.78, 5) is 14.7. The maximum absolute atomic E-state index is 11.1. The molecule has 0 spiro atoms. The molecule has 2 aromatic heterocycles. The first kappa shape index (κ1) is 16.3. The van der Waals surface area contributed by atoms with E-state index < -0.39 is 11.0 Å². The van der Waals surface area contributed by atoms with E-state index in [1.165, 1.54) is 10.8 Å². The van der Waals surface area contributed by atoms with E-state index in [-0.39, 0.29) is 12.4 Å². The van der Waals surface area contributed by atoms with E-state index in [2.05, 4.69) is 21.7 Å². The molecule has 0 aliphatic carbocycles. The Morgan fingerprint density at radius 1 is 1.04 bits per heavy atom. The van der Waals surface area contributed by atoms with Crippen LogP contribution >= 0.6 is 0 Å². The molecule has 132 valence electrons. The second-order valence-corrected chi connectivity index (χ2v) is 6.33. The number of nitro groups is 1. The summed E-state index contributed by atoms with van der Waals surface area (Å²) in [6.45, 7) is 2.14. The van der Waals surface area contributed by atoms with Crippen LogP contribution in [0.1, 0.15) is 5.82 Å². The topological polar surface area (TPSA) is 86.1 Å². The first-order valence-corrected chi connectivity index (χ1v) is 8.37. The third-order valence-corrected chi connectivity index (χ3v) is 4.69. The van der Waals surface area contributed by atoms with Crippen LogP contribution in [0.25, 0.3) is 21.8 Å². The number of hydrogen-bond donors (Lipinski definition) is 1. The Bertz CT molecular complexity index is 1060. The molecular formula is C19H18N4O3. The Morgan fingerprint density at radius 3 is 2.15 bits per heavy atom. The molecule has 2 aromatic carbocycles. The SMILES string of the molecule is Cc1ncc([N+](=O)[O-])n1CC(O)Cn1c2ccccc2c2ccccc21. The number of fused-ring (bicyclic) bond motifs is 3. The van der Waals surface area contributed by atoms with Crippen LogP contribution in [0.2, 0.25) is 0 Å². The van der Waals surface area contributed by atoms with E-state index in [0.717, 1.165) is 21.8 Å². The molecule has 1 atom stereocenters. The Balaban J connectivity index is 1.71. The first-order chi connectivity index (χ1) is 12.6. The maximum Gasteiger partial charge on any atom is 0.342 e. The van der Waals surface area contributed by atoms with Gasteiger partial charge in [0.2, 0.25) is 0 Å². The van der Waals surface area contributed by atoms with Gasteiger partial charge in [-0.1, -0.05) is 36.4 Å². The van der Waals surface area contributed by atoms with Crippen molar-refractivity contribution in [2.24, 2.45) is 0 Å². The van der Waals surface area contributed by atoms with Gasteiger partial charge in [-0.15, -0.1) is 0 Å². The molecule has 7 heteroatoms. The van der Waals surface area contributed by atoms with Crippen LogP contribution in [0.3, 0.4) is 0 Å². The van der Waals surface area contributed by atoms with Crippen molar-refractivity contribution in [3.8, 4) is 0 Å². The van der Waals surface area contributed by atoms with Gasteiger partial charge >= 0.3 is 5.82 Å². The predicted octanol–water partition coefficient (Wildman–Crippen LogP) is 3.27. The number of hydrogen-bond acceptors (Lipinski definition) is 4. The van der Waals surface area contributed by atoms with E-state index >= 15 is 0 Å². The molecule has 4 aromatic rings. The molecule has 0 bridgehead atoms. The summed E-state index contributed by atoms with van der Waals surface area (Å²) in [7, 11) is 0. The van der Waals surface area contributed by atoms with Crippen LogP contribution in [0, 0.1) is 17.0 Å². The molecule has 0 fully saturated rings. The fourth-order valence-corrected chi connectivity index (χ4v) is 3.51. The largest absolute Gasteiger partial charge is 0.387 e. The highest BCUT2D eigenvalue weighted by molar-refractivity contribution is 6.07. The number of benzene rings is 2. The van der Waals surface area contributed by atoms with Gasteiger partial charge in [0.1, 0.15) is 18.8 Å². The van der Waals surface area contributed by atoms with E-state index in [1.54, 1.807) is 6.92 Å². The molecule has 1 unspecified atom stereocenters. The molecule has 0 aliphatic heterocycles. The number of aryl methyl sites for hydroxylation is 1. The maximum atomic E-state index is 11.1. The first-order valence-electron chi connectivity index (χ1n) is 8.37. The van der Waals surface area contributed by atoms with Crippen LogP contribution < -0.4 is 0 Å². The summed E-state index contributed by atoms with van der Waals surface area (Å²) in [5, 5.41) is 24.0. The summed E-state index contributed by atoms with van der Waals surface area (Å²) in [6.07, 6.45) is 0.434. The second kappa shape index (κ2) is 6.27. The van der Waals surface area contributed by atoms with Gasteiger partial charge in [-0.25, -0.2) is 9.55 Å². The van der Waals surface area contributed by atoms with Crippen molar-refractivity contribution in [3.63, 3.8) is 0 Å². The molecule has 0 amide bonds. The predicted molar refractivity (Wildman–Crippen MR) is 99.1 cm³/mol. The van der Waals surface area contributed by atoms with Gasteiger partial charge in [0.15, 0.2) is 5.82 Å². The van der Waals surface area contributed by atoms with E-state index in [1.807, 2.05) is 36.4 Å². The highest BCUT2D eigenvalue weighted by Gasteiger charge is 2.22. The molecule has 0 saturated heterocycles. The Kier molecular flexibility index (Phi) is 3.93. The van der Waals surface area contributed by atoms with E-state index in [0.29, 0.717) is 12.4 Å². The minimum absolute atomic E-state index is 0.108. The molecule has 2 heterocycles. The zero-order chi connectivity index (χ0) is 18.3. The molecule has 0 saturated carbocycles. The zero-order valence-corrected chi connectivity index (χ0v) is 14.2. The standard InChI is InChI=1S/C19H18N4O3/c1-13-20-10-19(23(25)26)21(13)11-14(24)12-22-17-8-4-2-6-15(17)16-7-3-5-9-18(16)22/h2-10,14,24H,11-12H2,1H3. The van der Waals surface area contributed by atoms with Crippen LogP contribution in [0.5, 0.6) is 0 Å². The Hall–Kier alpha value is -3.19. The number of nitrogens with zero attached hydrogens (tertiary/aromatic N) is 4. The van der Waals surface area contributed by atoms with Crippen molar-refractivity contribution in [2.45, 2.75) is 26.1 Å². The van der Waals surface area contributed by atoms with Crippen LogP contribution in [-0.2, 0) is 13.1 Å². The summed E-state index contributed by atoms with van der Waals surface area (Å²) < 4.78 is 3.51. The molecule has 4 rings (SSSR count). The monoisotopic (exact) mass is 350 g/mol. The van der Waals surface area contributed by atoms with E-state index in [4.69, 9.17) is 0 Å². The molecule has 1 N–H and O–H groups in total. The summed E-state index contributed by atoms with van der Waals surface area (Å²) in [5.74, 6) is 0.404. The molecular weight excluding hydrogens is 332 g/mol. The van der Waals surface area contributed by atoms with Crippen LogP contribution in [-0.4, -0.2) is 30.3 Å². The minimum Gasteiger partial charge on any atom is -0.387 e. The van der Waals surface area contributed by atoms with E-state index in [9.17, 15) is 15.2 Å². The summed E-state index contributed by atoms with van der Waals surface area (Å²) in [6, 6.07) is 16.1. The highest BCUT2D eigenvalue weighted by atomic mass is 16.6.